The number of rotatable bonds is 1. The van der Waals surface area contributed by atoms with Crippen LogP contribution < -0.4 is 0 Å². The van der Waals surface area contributed by atoms with Crippen molar-refractivity contribution in [2.24, 2.45) is 52.8 Å². The molecule has 3 unspecified atom stereocenters. The van der Waals surface area contributed by atoms with Crippen molar-refractivity contribution in [1.82, 2.24) is 0 Å². The minimum atomic E-state index is 0.229. The topological polar surface area (TPSA) is 26.3 Å². The SMILES string of the molecule is CC[C@]12CCC3C(C1[C@@H]1C[C@@H]1[C@@]21CCCO1)[C@@H]1C[C@@H]1C1=C(Cl)C(=O)CC[C@@H]13. The minimum Gasteiger partial charge on any atom is -0.374 e. The molecule has 0 bridgehead atoms. The summed E-state index contributed by atoms with van der Waals surface area (Å²) in [5, 5.41) is 0.663. The number of hydrogen-bond acceptors (Lipinski definition) is 2. The highest BCUT2D eigenvalue weighted by molar-refractivity contribution is 6.43. The van der Waals surface area contributed by atoms with Crippen molar-refractivity contribution < 1.29 is 9.53 Å². The molecular weight excluding hydrogens is 356 g/mol. The molecule has 3 heteroatoms. The number of ketones is 1. The second-order valence-electron chi connectivity index (χ2n) is 11.0. The molecule has 0 aromatic carbocycles. The van der Waals surface area contributed by atoms with E-state index in [1.807, 2.05) is 0 Å². The standard InChI is InChI=1S/C24H31ClO2/c1-2-23-8-6-13-12-4-5-18(26)22(25)20(12)15-10-14(15)19(13)21(23)16-11-17(16)24(23)7-3-9-27-24/h12-17,19,21H,2-11H2,1H3/t12-,13?,14-,15+,16-,17+,19?,21?,23+,24+/m1/s1. The molecule has 7 rings (SSSR count). The second-order valence-corrected chi connectivity index (χ2v) is 11.4. The zero-order valence-electron chi connectivity index (χ0n) is 16.4. The molecule has 1 heterocycles. The largest absolute Gasteiger partial charge is 0.374 e. The normalized spacial score (nSPS) is 59.9. The Labute approximate surface area is 167 Å². The van der Waals surface area contributed by atoms with E-state index in [9.17, 15) is 4.79 Å². The molecule has 0 radical (unpaired) electrons. The number of ether oxygens (including phenoxy) is 1. The summed E-state index contributed by atoms with van der Waals surface area (Å²) in [5.74, 6) is 6.75. The fourth-order valence-electron chi connectivity index (χ4n) is 9.99. The van der Waals surface area contributed by atoms with E-state index >= 15 is 0 Å². The Morgan fingerprint density at radius 2 is 2.00 bits per heavy atom. The molecule has 2 nitrogen and oxygen atoms in total. The van der Waals surface area contributed by atoms with E-state index in [0.29, 0.717) is 28.7 Å². The number of carbonyl (C=O) groups excluding carboxylic acids is 1. The third-order valence-corrected chi connectivity index (χ3v) is 11.2. The molecule has 10 atom stereocenters. The average Bonchev–Trinajstić information content (AvgIpc) is 3.59. The van der Waals surface area contributed by atoms with Gasteiger partial charge in [-0.3, -0.25) is 4.79 Å². The van der Waals surface area contributed by atoms with Crippen LogP contribution in [0.5, 0.6) is 0 Å². The molecule has 0 amide bonds. The van der Waals surface area contributed by atoms with Gasteiger partial charge in [-0.2, -0.15) is 0 Å². The number of halogens is 1. The van der Waals surface area contributed by atoms with E-state index < -0.39 is 0 Å². The van der Waals surface area contributed by atoms with Crippen LogP contribution in [0.25, 0.3) is 0 Å². The van der Waals surface area contributed by atoms with Gasteiger partial charge in [-0.05, 0) is 104 Å². The Balaban J connectivity index is 1.33. The monoisotopic (exact) mass is 386 g/mol. The molecule has 1 spiro atoms. The van der Waals surface area contributed by atoms with E-state index in [-0.39, 0.29) is 11.4 Å². The molecule has 5 saturated carbocycles. The number of carbonyl (C=O) groups is 1. The molecule has 6 aliphatic carbocycles. The van der Waals surface area contributed by atoms with E-state index in [1.165, 1.54) is 50.5 Å². The highest BCUT2D eigenvalue weighted by Gasteiger charge is 2.79. The number of Topliss-reactive ketones (excluding diaryl/α,β-unsaturated/α-hetero) is 1. The van der Waals surface area contributed by atoms with E-state index in [2.05, 4.69) is 6.92 Å². The lowest BCUT2D eigenvalue weighted by molar-refractivity contribution is -0.161. The van der Waals surface area contributed by atoms with Crippen LogP contribution in [-0.2, 0) is 9.53 Å². The van der Waals surface area contributed by atoms with Gasteiger partial charge in [-0.15, -0.1) is 0 Å². The van der Waals surface area contributed by atoms with Crippen molar-refractivity contribution in [3.05, 3.63) is 10.6 Å². The van der Waals surface area contributed by atoms with Crippen molar-refractivity contribution in [2.45, 2.75) is 70.3 Å². The maximum Gasteiger partial charge on any atom is 0.174 e. The highest BCUT2D eigenvalue weighted by Crippen LogP contribution is 2.81. The van der Waals surface area contributed by atoms with Crippen molar-refractivity contribution >= 4 is 17.4 Å². The Hall–Kier alpha value is -0.340. The lowest BCUT2D eigenvalue weighted by Gasteiger charge is -2.59. The molecule has 0 aromatic heterocycles. The van der Waals surface area contributed by atoms with Gasteiger partial charge in [0.2, 0.25) is 0 Å². The van der Waals surface area contributed by atoms with Gasteiger partial charge in [0.25, 0.3) is 0 Å². The highest BCUT2D eigenvalue weighted by atomic mass is 35.5. The first-order valence-corrected chi connectivity index (χ1v) is 12.1. The van der Waals surface area contributed by atoms with Gasteiger partial charge in [-0.25, -0.2) is 0 Å². The van der Waals surface area contributed by atoms with Gasteiger partial charge >= 0.3 is 0 Å². The Morgan fingerprint density at radius 1 is 1.11 bits per heavy atom. The third-order valence-electron chi connectivity index (χ3n) is 10.7. The summed E-state index contributed by atoms with van der Waals surface area (Å²) in [6, 6.07) is 0. The van der Waals surface area contributed by atoms with Crippen LogP contribution in [-0.4, -0.2) is 18.0 Å². The lowest BCUT2D eigenvalue weighted by Crippen LogP contribution is -2.56. The molecule has 7 aliphatic rings. The maximum atomic E-state index is 12.3. The smallest absolute Gasteiger partial charge is 0.174 e. The Morgan fingerprint density at radius 3 is 2.78 bits per heavy atom. The van der Waals surface area contributed by atoms with Gasteiger partial charge < -0.3 is 4.74 Å². The summed E-state index contributed by atoms with van der Waals surface area (Å²) >= 11 is 6.60. The summed E-state index contributed by atoms with van der Waals surface area (Å²) < 4.78 is 6.71. The first-order valence-electron chi connectivity index (χ1n) is 11.7. The lowest BCUT2D eigenvalue weighted by atomic mass is 9.47. The predicted molar refractivity (Wildman–Crippen MR) is 104 cm³/mol. The van der Waals surface area contributed by atoms with Crippen LogP contribution in [0.1, 0.15) is 64.7 Å². The van der Waals surface area contributed by atoms with Crippen molar-refractivity contribution in [2.75, 3.05) is 6.61 Å². The minimum absolute atomic E-state index is 0.229. The number of allylic oxidation sites excluding steroid dienone is 1. The van der Waals surface area contributed by atoms with Gasteiger partial charge in [0.1, 0.15) is 0 Å². The van der Waals surface area contributed by atoms with Gasteiger partial charge in [-0.1, -0.05) is 18.5 Å². The summed E-state index contributed by atoms with van der Waals surface area (Å²) in [4.78, 5) is 12.3. The summed E-state index contributed by atoms with van der Waals surface area (Å²) in [7, 11) is 0. The fourth-order valence-corrected chi connectivity index (χ4v) is 10.4. The molecule has 6 fully saturated rings. The first kappa shape index (κ1) is 16.5. The van der Waals surface area contributed by atoms with Crippen LogP contribution in [0.3, 0.4) is 0 Å². The van der Waals surface area contributed by atoms with Gasteiger partial charge in [0.05, 0.1) is 10.6 Å². The fraction of sp³-hybridized carbons (Fsp3) is 0.875. The molecule has 146 valence electrons. The second kappa shape index (κ2) is 5.04. The van der Waals surface area contributed by atoms with Crippen LogP contribution >= 0.6 is 11.6 Å². The summed E-state index contributed by atoms with van der Waals surface area (Å²) in [5.41, 5.74) is 2.12. The zero-order chi connectivity index (χ0) is 18.1. The Bertz CT molecular complexity index is 764. The Kier molecular flexibility index (Phi) is 3.07. The molecule has 27 heavy (non-hydrogen) atoms. The summed E-state index contributed by atoms with van der Waals surface area (Å²) in [6.45, 7) is 3.47. The van der Waals surface area contributed by atoms with Crippen molar-refractivity contribution in [3.63, 3.8) is 0 Å². The van der Waals surface area contributed by atoms with E-state index in [1.54, 1.807) is 0 Å². The number of fused-ring (bicyclic) bond motifs is 12. The van der Waals surface area contributed by atoms with Gasteiger partial charge in [0, 0.05) is 18.4 Å². The van der Waals surface area contributed by atoms with Crippen LogP contribution in [0.2, 0.25) is 0 Å². The first-order chi connectivity index (χ1) is 13.1. The molecule has 0 aromatic rings. The average molecular weight is 387 g/mol. The molecule has 1 aliphatic heterocycles. The van der Waals surface area contributed by atoms with Crippen LogP contribution in [0, 0.1) is 52.8 Å². The van der Waals surface area contributed by atoms with E-state index in [4.69, 9.17) is 16.3 Å². The third kappa shape index (κ3) is 1.71. The van der Waals surface area contributed by atoms with Crippen LogP contribution in [0.15, 0.2) is 10.6 Å². The van der Waals surface area contributed by atoms with Gasteiger partial charge in [0.15, 0.2) is 5.78 Å². The van der Waals surface area contributed by atoms with Crippen LogP contribution in [0.4, 0.5) is 0 Å². The van der Waals surface area contributed by atoms with E-state index in [0.717, 1.165) is 48.5 Å². The zero-order valence-corrected chi connectivity index (χ0v) is 17.1. The predicted octanol–water partition coefficient (Wildman–Crippen LogP) is 5.35. The molecule has 1 saturated heterocycles. The summed E-state index contributed by atoms with van der Waals surface area (Å²) in [6.07, 6.45) is 11.2. The molecular formula is C24H31ClO2. The quantitative estimate of drug-likeness (QED) is 0.607. The maximum absolute atomic E-state index is 12.3. The van der Waals surface area contributed by atoms with Crippen molar-refractivity contribution in [1.29, 1.82) is 0 Å². The molecule has 0 N–H and O–H groups in total. The number of hydrogen-bond donors (Lipinski definition) is 0. The van der Waals surface area contributed by atoms with Crippen molar-refractivity contribution in [3.8, 4) is 0 Å².